The number of aromatic nitrogens is 1. The monoisotopic (exact) mass is 383 g/mol. The molecule has 2 amide bonds. The molecule has 0 spiro atoms. The summed E-state index contributed by atoms with van der Waals surface area (Å²) in [6, 6.07) is 12.8. The molecule has 1 fully saturated rings. The number of anilines is 2. The number of pyridine rings is 1. The van der Waals surface area contributed by atoms with Crippen molar-refractivity contribution in [1.29, 1.82) is 5.26 Å². The molecule has 1 saturated heterocycles. The maximum Gasteiger partial charge on any atom is 0.324 e. The number of rotatable bonds is 1. The van der Waals surface area contributed by atoms with Crippen molar-refractivity contribution in [3.05, 3.63) is 47.1 Å². The van der Waals surface area contributed by atoms with Crippen molar-refractivity contribution in [3.8, 4) is 11.8 Å². The second-order valence-corrected chi connectivity index (χ2v) is 6.80. The summed E-state index contributed by atoms with van der Waals surface area (Å²) in [6.45, 7) is 3.50. The third-order valence-electron chi connectivity index (χ3n) is 4.74. The molecule has 3 heterocycles. The van der Waals surface area contributed by atoms with Gasteiger partial charge in [0.25, 0.3) is 0 Å². The average molecular weight is 384 g/mol. The molecule has 2 aromatic rings. The number of hydrogen-bond donors (Lipinski definition) is 0. The lowest BCUT2D eigenvalue weighted by Crippen LogP contribution is -2.54. The van der Waals surface area contributed by atoms with Gasteiger partial charge in [-0.15, -0.1) is 0 Å². The first kappa shape index (κ1) is 17.4. The summed E-state index contributed by atoms with van der Waals surface area (Å²) in [6.07, 6.45) is 0. The van der Waals surface area contributed by atoms with Crippen LogP contribution in [0.4, 0.5) is 16.3 Å². The number of urea groups is 1. The number of hydrogen-bond acceptors (Lipinski definition) is 5. The first-order valence-corrected chi connectivity index (χ1v) is 9.14. The van der Waals surface area contributed by atoms with E-state index in [1.54, 1.807) is 23.1 Å². The quantitative estimate of drug-likeness (QED) is 0.757. The van der Waals surface area contributed by atoms with Gasteiger partial charge < -0.3 is 14.5 Å². The van der Waals surface area contributed by atoms with Crippen LogP contribution >= 0.6 is 11.6 Å². The van der Waals surface area contributed by atoms with Crippen LogP contribution in [0.5, 0.6) is 5.75 Å². The van der Waals surface area contributed by atoms with E-state index in [1.807, 2.05) is 23.1 Å². The van der Waals surface area contributed by atoms with E-state index in [0.29, 0.717) is 55.8 Å². The maximum absolute atomic E-state index is 13.0. The molecule has 0 radical (unpaired) electrons. The fourth-order valence-electron chi connectivity index (χ4n) is 3.35. The van der Waals surface area contributed by atoms with Crippen molar-refractivity contribution < 1.29 is 9.53 Å². The second kappa shape index (κ2) is 7.33. The molecule has 0 atom stereocenters. The van der Waals surface area contributed by atoms with E-state index in [1.165, 1.54) is 0 Å². The highest BCUT2D eigenvalue weighted by molar-refractivity contribution is 6.30. The molecule has 4 rings (SSSR count). The van der Waals surface area contributed by atoms with Crippen LogP contribution in [-0.2, 0) is 0 Å². The molecule has 0 aliphatic carbocycles. The number of nitrogens with zero attached hydrogens (tertiary/aromatic N) is 5. The van der Waals surface area contributed by atoms with Gasteiger partial charge in [0.1, 0.15) is 29.9 Å². The van der Waals surface area contributed by atoms with Crippen LogP contribution in [0, 0.1) is 11.3 Å². The Bertz CT molecular complexity index is 905. The van der Waals surface area contributed by atoms with Gasteiger partial charge in [-0.3, -0.25) is 4.90 Å². The predicted octanol–water partition coefficient (Wildman–Crippen LogP) is 2.75. The lowest BCUT2D eigenvalue weighted by atomic mass is 10.2. The molecule has 0 unspecified atom stereocenters. The minimum absolute atomic E-state index is 0.0275. The van der Waals surface area contributed by atoms with E-state index in [9.17, 15) is 4.79 Å². The number of fused-ring (bicyclic) bond motifs is 1. The van der Waals surface area contributed by atoms with Gasteiger partial charge in [0.2, 0.25) is 0 Å². The van der Waals surface area contributed by atoms with E-state index in [4.69, 9.17) is 21.6 Å². The zero-order valence-electron chi connectivity index (χ0n) is 14.6. The first-order valence-electron chi connectivity index (χ1n) is 8.76. The van der Waals surface area contributed by atoms with Gasteiger partial charge in [0, 0.05) is 37.3 Å². The van der Waals surface area contributed by atoms with E-state index in [2.05, 4.69) is 16.0 Å². The number of ether oxygens (including phenoxy) is 1. The van der Waals surface area contributed by atoms with E-state index >= 15 is 0 Å². The normalized spacial score (nSPS) is 16.4. The van der Waals surface area contributed by atoms with Crippen molar-refractivity contribution in [2.24, 2.45) is 0 Å². The predicted molar refractivity (Wildman–Crippen MR) is 102 cm³/mol. The number of carbonyl (C=O) groups is 1. The zero-order valence-corrected chi connectivity index (χ0v) is 15.4. The zero-order chi connectivity index (χ0) is 18.8. The van der Waals surface area contributed by atoms with E-state index in [-0.39, 0.29) is 6.03 Å². The Balaban J connectivity index is 1.44. The van der Waals surface area contributed by atoms with Gasteiger partial charge in [-0.2, -0.15) is 5.26 Å². The molecule has 0 bridgehead atoms. The Morgan fingerprint density at radius 1 is 1.15 bits per heavy atom. The first-order chi connectivity index (χ1) is 13.2. The van der Waals surface area contributed by atoms with Crippen LogP contribution in [0.3, 0.4) is 0 Å². The summed E-state index contributed by atoms with van der Waals surface area (Å²) in [7, 11) is 0. The highest BCUT2D eigenvalue weighted by atomic mass is 35.5. The SMILES string of the molecule is N#Cc1cccc(N2CCN(C(=O)N3CCOc4cc(Cl)ccc43)CC2)n1. The largest absolute Gasteiger partial charge is 0.489 e. The van der Waals surface area contributed by atoms with Crippen LogP contribution in [0.25, 0.3) is 0 Å². The van der Waals surface area contributed by atoms with Gasteiger partial charge in [-0.1, -0.05) is 17.7 Å². The molecule has 8 heteroatoms. The second-order valence-electron chi connectivity index (χ2n) is 6.36. The molecule has 0 saturated carbocycles. The van der Waals surface area contributed by atoms with Crippen molar-refractivity contribution in [2.75, 3.05) is 49.1 Å². The highest BCUT2D eigenvalue weighted by Crippen LogP contribution is 2.34. The van der Waals surface area contributed by atoms with Gasteiger partial charge in [-0.05, 0) is 24.3 Å². The van der Waals surface area contributed by atoms with Gasteiger partial charge >= 0.3 is 6.03 Å². The summed E-state index contributed by atoms with van der Waals surface area (Å²) in [5, 5.41) is 9.60. The van der Waals surface area contributed by atoms with Gasteiger partial charge in [-0.25, -0.2) is 9.78 Å². The minimum atomic E-state index is -0.0275. The summed E-state index contributed by atoms with van der Waals surface area (Å²) in [4.78, 5) is 23.1. The molecule has 7 nitrogen and oxygen atoms in total. The van der Waals surface area contributed by atoms with Crippen LogP contribution in [0.15, 0.2) is 36.4 Å². The minimum Gasteiger partial charge on any atom is -0.489 e. The van der Waals surface area contributed by atoms with Crippen LogP contribution in [0.1, 0.15) is 5.69 Å². The van der Waals surface area contributed by atoms with Crippen molar-refractivity contribution in [1.82, 2.24) is 9.88 Å². The molecule has 138 valence electrons. The molecule has 2 aliphatic rings. The molecule has 1 aromatic carbocycles. The van der Waals surface area contributed by atoms with Crippen LogP contribution in [-0.4, -0.2) is 55.2 Å². The summed E-state index contributed by atoms with van der Waals surface area (Å²) in [5.74, 6) is 1.41. The van der Waals surface area contributed by atoms with Crippen molar-refractivity contribution in [2.45, 2.75) is 0 Å². The average Bonchev–Trinajstić information content (AvgIpc) is 2.72. The number of carbonyl (C=O) groups excluding carboxylic acids is 1. The topological polar surface area (TPSA) is 72.7 Å². The highest BCUT2D eigenvalue weighted by Gasteiger charge is 2.30. The molecular formula is C19H18ClN5O2. The summed E-state index contributed by atoms with van der Waals surface area (Å²) < 4.78 is 5.63. The number of nitriles is 1. The number of piperazine rings is 1. The standard InChI is InChI=1S/C19H18ClN5O2/c20-14-4-5-16-17(12-14)27-11-10-25(16)19(26)24-8-6-23(7-9-24)18-3-1-2-15(13-21)22-18/h1-5,12H,6-11H2. The Morgan fingerprint density at radius 2 is 1.96 bits per heavy atom. The molecule has 27 heavy (non-hydrogen) atoms. The van der Waals surface area contributed by atoms with Gasteiger partial charge in [0.15, 0.2) is 0 Å². The Kier molecular flexibility index (Phi) is 4.73. The molecule has 2 aliphatic heterocycles. The van der Waals surface area contributed by atoms with Crippen molar-refractivity contribution in [3.63, 3.8) is 0 Å². The molecule has 0 N–H and O–H groups in total. The van der Waals surface area contributed by atoms with Crippen LogP contribution < -0.4 is 14.5 Å². The summed E-state index contributed by atoms with van der Waals surface area (Å²) in [5.41, 5.74) is 1.15. The third-order valence-corrected chi connectivity index (χ3v) is 4.97. The molecular weight excluding hydrogens is 366 g/mol. The maximum atomic E-state index is 13.0. The number of halogens is 1. The fraction of sp³-hybridized carbons (Fsp3) is 0.316. The Labute approximate surface area is 162 Å². The Morgan fingerprint density at radius 3 is 2.74 bits per heavy atom. The fourth-order valence-corrected chi connectivity index (χ4v) is 3.51. The third kappa shape index (κ3) is 3.49. The van der Waals surface area contributed by atoms with Gasteiger partial charge in [0.05, 0.1) is 12.2 Å². The Hall–Kier alpha value is -2.98. The lowest BCUT2D eigenvalue weighted by Gasteiger charge is -2.39. The summed E-state index contributed by atoms with van der Waals surface area (Å²) >= 11 is 6.02. The van der Waals surface area contributed by atoms with E-state index in [0.717, 1.165) is 11.5 Å². The number of benzene rings is 1. The lowest BCUT2D eigenvalue weighted by molar-refractivity contribution is 0.196. The van der Waals surface area contributed by atoms with Crippen molar-refractivity contribution >= 4 is 29.1 Å². The molecule has 1 aromatic heterocycles. The number of amides is 2. The van der Waals surface area contributed by atoms with Crippen LogP contribution in [0.2, 0.25) is 5.02 Å². The van der Waals surface area contributed by atoms with E-state index < -0.39 is 0 Å². The smallest absolute Gasteiger partial charge is 0.324 e.